The molecule has 10 rings (SSSR count). The number of amides is 4. The lowest BCUT2D eigenvalue weighted by Crippen LogP contribution is -2.60. The smallest absolute Gasteiger partial charge is 0.262 e. The molecule has 4 heterocycles. The summed E-state index contributed by atoms with van der Waals surface area (Å²) in [5.74, 6) is -0.213. The topological polar surface area (TPSA) is 122 Å². The molecular weight excluding hydrogens is 715 g/mol. The Balaban J connectivity index is 0.702. The molecule has 0 radical (unpaired) electrons. The van der Waals surface area contributed by atoms with Gasteiger partial charge in [0.05, 0.1) is 11.1 Å². The molecule has 4 aromatic carbocycles. The lowest BCUT2D eigenvalue weighted by molar-refractivity contribution is -0.136. The number of nitrogens with one attached hydrogen (secondary N) is 2. The molecule has 292 valence electrons. The Kier molecular flexibility index (Phi) is 9.21. The normalized spacial score (nSPS) is 26.2. The van der Waals surface area contributed by atoms with E-state index in [1.54, 1.807) is 0 Å². The van der Waals surface area contributed by atoms with Crippen molar-refractivity contribution in [1.29, 1.82) is 0 Å². The molecule has 6 aliphatic rings. The molecule has 0 spiro atoms. The number of piperidine rings is 1. The summed E-state index contributed by atoms with van der Waals surface area (Å²) in [6, 6.07) is 29.8. The van der Waals surface area contributed by atoms with Gasteiger partial charge in [0.25, 0.3) is 11.8 Å². The number of hydrogen-bond acceptors (Lipinski definition) is 8. The Morgan fingerprint density at radius 2 is 1.39 bits per heavy atom. The van der Waals surface area contributed by atoms with Crippen LogP contribution in [0.5, 0.6) is 5.75 Å². The van der Waals surface area contributed by atoms with Crippen LogP contribution in [0.25, 0.3) is 0 Å². The fraction of sp³-hybridized carbons (Fsp3) is 0.404. The molecule has 0 aromatic heterocycles. The van der Waals surface area contributed by atoms with Gasteiger partial charge in [-0.1, -0.05) is 48.5 Å². The molecule has 10 nitrogen and oxygen atoms in total. The van der Waals surface area contributed by atoms with Crippen molar-refractivity contribution in [3.63, 3.8) is 0 Å². The third-order valence-corrected chi connectivity index (χ3v) is 13.7. The van der Waals surface area contributed by atoms with Crippen LogP contribution >= 0.6 is 0 Å². The number of carbonyl (C=O) groups is 4. The van der Waals surface area contributed by atoms with E-state index in [9.17, 15) is 24.3 Å². The molecule has 4 amide bonds. The van der Waals surface area contributed by atoms with E-state index < -0.39 is 23.8 Å². The number of carbonyl (C=O) groups excluding carboxylic acids is 4. The van der Waals surface area contributed by atoms with Gasteiger partial charge in [-0.3, -0.25) is 34.3 Å². The Hall–Kier alpha value is -5.32. The highest BCUT2D eigenvalue weighted by Crippen LogP contribution is 2.47. The third-order valence-electron chi connectivity index (χ3n) is 13.7. The number of phenolic OH excluding ortho intramolecular Hbond substituents is 1. The van der Waals surface area contributed by atoms with Crippen molar-refractivity contribution in [2.45, 2.75) is 94.4 Å². The number of hydrogen-bond donors (Lipinski definition) is 3. The van der Waals surface area contributed by atoms with Gasteiger partial charge in [-0.25, -0.2) is 0 Å². The number of phenols is 1. The van der Waals surface area contributed by atoms with Crippen LogP contribution < -0.4 is 15.5 Å². The number of imide groups is 2. The summed E-state index contributed by atoms with van der Waals surface area (Å²) in [6.45, 7) is 4.55. The summed E-state index contributed by atoms with van der Waals surface area (Å²) in [5.41, 5.74) is 9.46. The lowest BCUT2D eigenvalue weighted by Gasteiger charge is -2.44. The first kappa shape index (κ1) is 36.0. The van der Waals surface area contributed by atoms with Crippen LogP contribution in [0.4, 0.5) is 5.69 Å². The fourth-order valence-corrected chi connectivity index (χ4v) is 10.7. The molecule has 4 aromatic rings. The van der Waals surface area contributed by atoms with Crippen LogP contribution in [0.1, 0.15) is 111 Å². The summed E-state index contributed by atoms with van der Waals surface area (Å²) in [6.07, 6.45) is 7.03. The van der Waals surface area contributed by atoms with E-state index in [1.807, 2.05) is 24.3 Å². The number of nitrogens with zero attached hydrogens (tertiary/aromatic N) is 3. The van der Waals surface area contributed by atoms with Crippen molar-refractivity contribution in [1.82, 2.24) is 20.4 Å². The van der Waals surface area contributed by atoms with Gasteiger partial charge in [-0.05, 0) is 127 Å². The summed E-state index contributed by atoms with van der Waals surface area (Å²) < 4.78 is 0. The predicted molar refractivity (Wildman–Crippen MR) is 216 cm³/mol. The second-order valence-corrected chi connectivity index (χ2v) is 17.3. The number of fused-ring (bicyclic) bond motifs is 3. The van der Waals surface area contributed by atoms with E-state index in [1.165, 1.54) is 53.6 Å². The minimum absolute atomic E-state index is 0.115. The Bertz CT molecular complexity index is 2200. The van der Waals surface area contributed by atoms with Gasteiger partial charge in [0, 0.05) is 62.8 Å². The molecule has 1 unspecified atom stereocenters. The average molecular weight is 764 g/mol. The Labute approximate surface area is 333 Å². The highest BCUT2D eigenvalue weighted by atomic mass is 16.3. The largest absolute Gasteiger partial charge is 0.508 e. The molecule has 3 N–H and O–H groups in total. The van der Waals surface area contributed by atoms with Crippen LogP contribution in [-0.2, 0) is 29.1 Å². The van der Waals surface area contributed by atoms with E-state index in [0.717, 1.165) is 61.6 Å². The first-order valence-electron chi connectivity index (χ1n) is 20.8. The number of benzene rings is 4. The van der Waals surface area contributed by atoms with Crippen molar-refractivity contribution in [3.05, 3.63) is 129 Å². The quantitative estimate of drug-likeness (QED) is 0.187. The van der Waals surface area contributed by atoms with Gasteiger partial charge in [0.1, 0.15) is 11.8 Å². The Morgan fingerprint density at radius 3 is 2.07 bits per heavy atom. The predicted octanol–water partition coefficient (Wildman–Crippen LogP) is 6.01. The van der Waals surface area contributed by atoms with Gasteiger partial charge in [-0.2, -0.15) is 0 Å². The van der Waals surface area contributed by atoms with E-state index in [4.69, 9.17) is 0 Å². The molecule has 3 fully saturated rings. The molecule has 2 saturated heterocycles. The van der Waals surface area contributed by atoms with Crippen LogP contribution in [-0.4, -0.2) is 76.3 Å². The standard InChI is InChI=1S/C47H49N5O5/c53-37-15-17-39-31(20-37)10-16-38(29-4-2-1-3-5-29)44(39)30-8-13-36(14-9-30)51-26-35(27-51)48-34-11-6-28(7-12-34)23-50-24-32-21-40-41(22-33(32)25-50)47(57)52(46(40)56)42-18-19-43(54)49-45(42)55/h1-5,8-9,13-15,17,20-22,28,34-35,38,42,44,48,53H,6-7,10-12,16,18-19,23-27H2,(H,49,54,55)/t28?,34?,38-,42?,44+/m1/s1. The molecule has 57 heavy (non-hydrogen) atoms. The van der Waals surface area contributed by atoms with Gasteiger partial charge < -0.3 is 15.3 Å². The van der Waals surface area contributed by atoms with Crippen LogP contribution in [0.3, 0.4) is 0 Å². The van der Waals surface area contributed by atoms with Gasteiger partial charge in [-0.15, -0.1) is 0 Å². The summed E-state index contributed by atoms with van der Waals surface area (Å²) in [4.78, 5) is 56.7. The number of aromatic hydroxyl groups is 1. The van der Waals surface area contributed by atoms with Gasteiger partial charge in [0.15, 0.2) is 0 Å². The van der Waals surface area contributed by atoms with Crippen LogP contribution in [0.2, 0.25) is 0 Å². The molecular formula is C47H49N5O5. The van der Waals surface area contributed by atoms with Crippen molar-refractivity contribution < 1.29 is 24.3 Å². The van der Waals surface area contributed by atoms with Crippen molar-refractivity contribution in [2.75, 3.05) is 24.5 Å². The van der Waals surface area contributed by atoms with Crippen molar-refractivity contribution >= 4 is 29.3 Å². The molecule has 1 saturated carbocycles. The summed E-state index contributed by atoms with van der Waals surface area (Å²) >= 11 is 0. The third kappa shape index (κ3) is 6.72. The molecule has 4 aliphatic heterocycles. The highest BCUT2D eigenvalue weighted by molar-refractivity contribution is 6.23. The molecule has 10 heteroatoms. The zero-order valence-electron chi connectivity index (χ0n) is 32.2. The molecule has 0 bridgehead atoms. The van der Waals surface area contributed by atoms with Crippen molar-refractivity contribution in [2.24, 2.45) is 5.92 Å². The highest BCUT2D eigenvalue weighted by Gasteiger charge is 2.45. The van der Waals surface area contributed by atoms with E-state index >= 15 is 0 Å². The van der Waals surface area contributed by atoms with E-state index in [-0.39, 0.29) is 24.7 Å². The van der Waals surface area contributed by atoms with E-state index in [2.05, 4.69) is 81.1 Å². The van der Waals surface area contributed by atoms with E-state index in [0.29, 0.717) is 40.8 Å². The maximum Gasteiger partial charge on any atom is 0.262 e. The maximum atomic E-state index is 13.3. The van der Waals surface area contributed by atoms with Gasteiger partial charge in [0.2, 0.25) is 11.8 Å². The number of rotatable bonds is 8. The minimum Gasteiger partial charge on any atom is -0.508 e. The number of anilines is 1. The monoisotopic (exact) mass is 763 g/mol. The zero-order chi connectivity index (χ0) is 38.8. The molecule has 3 atom stereocenters. The zero-order valence-corrected chi connectivity index (χ0v) is 32.2. The van der Waals surface area contributed by atoms with Crippen molar-refractivity contribution in [3.8, 4) is 5.75 Å². The second-order valence-electron chi connectivity index (χ2n) is 17.3. The Morgan fingerprint density at radius 1 is 0.684 bits per heavy atom. The summed E-state index contributed by atoms with van der Waals surface area (Å²) in [5, 5.41) is 16.4. The molecule has 2 aliphatic carbocycles. The summed E-state index contributed by atoms with van der Waals surface area (Å²) in [7, 11) is 0. The van der Waals surface area contributed by atoms with Gasteiger partial charge >= 0.3 is 0 Å². The van der Waals surface area contributed by atoms with Crippen LogP contribution in [0, 0.1) is 5.92 Å². The SMILES string of the molecule is O=C1CCC(N2C(=O)c3cc4c(cc3C2=O)CN(CC2CCC(NC3CN(c5ccc([C@@H]6c7ccc(O)cc7CC[C@@H]6c6ccccc6)cc5)C3)CC2)C4)C(=O)N1. The van der Waals surface area contributed by atoms with Crippen LogP contribution in [0.15, 0.2) is 84.9 Å². The first-order valence-corrected chi connectivity index (χ1v) is 20.8. The fourth-order valence-electron chi connectivity index (χ4n) is 10.7. The maximum absolute atomic E-state index is 13.3. The second kappa shape index (κ2) is 14.6. The average Bonchev–Trinajstić information content (AvgIpc) is 3.71. The lowest BCUT2D eigenvalue weighted by atomic mass is 9.69. The number of aryl methyl sites for hydroxylation is 1. The first-order chi connectivity index (χ1) is 27.8. The minimum atomic E-state index is -0.940.